The van der Waals surface area contributed by atoms with Gasteiger partial charge in [0.15, 0.2) is 0 Å². The van der Waals surface area contributed by atoms with Gasteiger partial charge in [0.05, 0.1) is 6.54 Å². The molecule has 0 bridgehead atoms. The summed E-state index contributed by atoms with van der Waals surface area (Å²) in [6, 6.07) is 0. The first kappa shape index (κ1) is 13.5. The first-order valence-electron chi connectivity index (χ1n) is 6.82. The summed E-state index contributed by atoms with van der Waals surface area (Å²) in [5.74, 6) is 0.206. The average Bonchev–Trinajstić information content (AvgIpc) is 2.53. The van der Waals surface area contributed by atoms with Crippen LogP contribution >= 0.6 is 0 Å². The molecule has 0 atom stereocenters. The molecule has 1 amide bonds. The van der Waals surface area contributed by atoms with Crippen molar-refractivity contribution in [1.29, 1.82) is 0 Å². The molecule has 0 unspecified atom stereocenters. The van der Waals surface area contributed by atoms with Crippen LogP contribution in [0.1, 0.15) is 51.9 Å². The summed E-state index contributed by atoms with van der Waals surface area (Å²) in [6.07, 6.45) is 8.70. The Hall–Kier alpha value is -0.570. The van der Waals surface area contributed by atoms with Crippen LogP contribution in [0.2, 0.25) is 0 Å². The molecule has 0 aliphatic carbocycles. The Labute approximate surface area is 99.6 Å². The lowest BCUT2D eigenvalue weighted by Crippen LogP contribution is -2.38. The normalized spacial score (nSPS) is 18.1. The van der Waals surface area contributed by atoms with E-state index in [0.29, 0.717) is 6.54 Å². The monoisotopic (exact) mass is 226 g/mol. The molecule has 1 N–H and O–H groups in total. The van der Waals surface area contributed by atoms with E-state index in [-0.39, 0.29) is 5.91 Å². The number of nitrogens with zero attached hydrogens (tertiary/aromatic N) is 1. The fraction of sp³-hybridized carbons (Fsp3) is 0.923. The van der Waals surface area contributed by atoms with E-state index in [1.54, 1.807) is 0 Å². The van der Waals surface area contributed by atoms with E-state index in [0.717, 1.165) is 26.1 Å². The molecule has 1 rings (SSSR count). The first-order valence-corrected chi connectivity index (χ1v) is 6.82. The molecule has 16 heavy (non-hydrogen) atoms. The van der Waals surface area contributed by atoms with Crippen molar-refractivity contribution in [2.75, 3.05) is 26.2 Å². The topological polar surface area (TPSA) is 32.3 Å². The highest BCUT2D eigenvalue weighted by molar-refractivity contribution is 5.77. The number of hydrogen-bond donors (Lipinski definition) is 1. The SMILES string of the molecule is CCCCCNC(=O)CN1CCCCCC1. The van der Waals surface area contributed by atoms with Gasteiger partial charge < -0.3 is 5.32 Å². The number of amides is 1. The van der Waals surface area contributed by atoms with E-state index in [1.165, 1.54) is 38.5 Å². The first-order chi connectivity index (χ1) is 7.83. The van der Waals surface area contributed by atoms with Gasteiger partial charge in [0.2, 0.25) is 5.91 Å². The average molecular weight is 226 g/mol. The third-order valence-electron chi connectivity index (χ3n) is 3.17. The molecule has 1 saturated heterocycles. The predicted octanol–water partition coefficient (Wildman–Crippen LogP) is 2.17. The second-order valence-corrected chi connectivity index (χ2v) is 4.75. The summed E-state index contributed by atoms with van der Waals surface area (Å²) in [5.41, 5.74) is 0. The van der Waals surface area contributed by atoms with Crippen molar-refractivity contribution in [2.24, 2.45) is 0 Å². The maximum absolute atomic E-state index is 11.6. The third-order valence-corrected chi connectivity index (χ3v) is 3.17. The lowest BCUT2D eigenvalue weighted by Gasteiger charge is -2.18. The van der Waals surface area contributed by atoms with Crippen LogP contribution in [0.3, 0.4) is 0 Å². The number of unbranched alkanes of at least 4 members (excludes halogenated alkanes) is 2. The highest BCUT2D eigenvalue weighted by Crippen LogP contribution is 2.08. The Morgan fingerprint density at radius 2 is 1.81 bits per heavy atom. The molecule has 0 radical (unpaired) electrons. The van der Waals surface area contributed by atoms with Crippen molar-refractivity contribution in [2.45, 2.75) is 51.9 Å². The Morgan fingerprint density at radius 3 is 2.44 bits per heavy atom. The van der Waals surface area contributed by atoms with Crippen molar-refractivity contribution in [3.63, 3.8) is 0 Å². The summed E-state index contributed by atoms with van der Waals surface area (Å²) in [6.45, 7) is 5.83. The van der Waals surface area contributed by atoms with Gasteiger partial charge >= 0.3 is 0 Å². The number of rotatable bonds is 6. The maximum atomic E-state index is 11.6. The Kier molecular flexibility index (Phi) is 7.23. The van der Waals surface area contributed by atoms with Gasteiger partial charge in [0.25, 0.3) is 0 Å². The minimum atomic E-state index is 0.206. The van der Waals surface area contributed by atoms with Gasteiger partial charge in [-0.2, -0.15) is 0 Å². The quantitative estimate of drug-likeness (QED) is 0.704. The summed E-state index contributed by atoms with van der Waals surface area (Å²) in [4.78, 5) is 13.9. The van der Waals surface area contributed by atoms with Gasteiger partial charge in [0.1, 0.15) is 0 Å². The molecule has 0 spiro atoms. The highest BCUT2D eigenvalue weighted by atomic mass is 16.2. The molecule has 1 fully saturated rings. The molecular formula is C13H26N2O. The maximum Gasteiger partial charge on any atom is 0.234 e. The van der Waals surface area contributed by atoms with Crippen LogP contribution < -0.4 is 5.32 Å². The predicted molar refractivity (Wildman–Crippen MR) is 67.4 cm³/mol. The number of likely N-dealkylation sites (tertiary alicyclic amines) is 1. The fourth-order valence-electron chi connectivity index (χ4n) is 2.16. The molecule has 3 nitrogen and oxygen atoms in total. The molecule has 0 aromatic rings. The van der Waals surface area contributed by atoms with E-state index in [1.807, 2.05) is 0 Å². The summed E-state index contributed by atoms with van der Waals surface area (Å²) >= 11 is 0. The second kappa shape index (κ2) is 8.57. The smallest absolute Gasteiger partial charge is 0.234 e. The van der Waals surface area contributed by atoms with Gasteiger partial charge in [-0.25, -0.2) is 0 Å². The number of hydrogen-bond acceptors (Lipinski definition) is 2. The number of carbonyl (C=O) groups excluding carboxylic acids is 1. The van der Waals surface area contributed by atoms with E-state index in [4.69, 9.17) is 0 Å². The van der Waals surface area contributed by atoms with Crippen LogP contribution in [0.25, 0.3) is 0 Å². The van der Waals surface area contributed by atoms with Crippen LogP contribution in [0.15, 0.2) is 0 Å². The van der Waals surface area contributed by atoms with Crippen LogP contribution in [0, 0.1) is 0 Å². The summed E-state index contributed by atoms with van der Waals surface area (Å²) < 4.78 is 0. The highest BCUT2D eigenvalue weighted by Gasteiger charge is 2.12. The number of carbonyl (C=O) groups is 1. The lowest BCUT2D eigenvalue weighted by molar-refractivity contribution is -0.122. The van der Waals surface area contributed by atoms with Crippen molar-refractivity contribution in [3.05, 3.63) is 0 Å². The van der Waals surface area contributed by atoms with Crippen LogP contribution in [-0.2, 0) is 4.79 Å². The Morgan fingerprint density at radius 1 is 1.12 bits per heavy atom. The van der Waals surface area contributed by atoms with Crippen LogP contribution in [0.4, 0.5) is 0 Å². The summed E-state index contributed by atoms with van der Waals surface area (Å²) in [5, 5.41) is 3.00. The van der Waals surface area contributed by atoms with E-state index < -0.39 is 0 Å². The molecule has 94 valence electrons. The van der Waals surface area contributed by atoms with Gasteiger partial charge in [0, 0.05) is 6.54 Å². The molecule has 1 heterocycles. The second-order valence-electron chi connectivity index (χ2n) is 4.75. The molecular weight excluding hydrogens is 200 g/mol. The van der Waals surface area contributed by atoms with E-state index >= 15 is 0 Å². The van der Waals surface area contributed by atoms with Gasteiger partial charge in [-0.05, 0) is 32.4 Å². The van der Waals surface area contributed by atoms with Crippen molar-refractivity contribution in [3.8, 4) is 0 Å². The molecule has 1 aliphatic heterocycles. The zero-order chi connectivity index (χ0) is 11.6. The Balaban J connectivity index is 2.07. The number of nitrogens with one attached hydrogen (secondary N) is 1. The zero-order valence-corrected chi connectivity index (χ0v) is 10.6. The fourth-order valence-corrected chi connectivity index (χ4v) is 2.16. The third kappa shape index (κ3) is 6.11. The zero-order valence-electron chi connectivity index (χ0n) is 10.6. The summed E-state index contributed by atoms with van der Waals surface area (Å²) in [7, 11) is 0. The Bertz CT molecular complexity index is 186. The molecule has 0 aromatic heterocycles. The largest absolute Gasteiger partial charge is 0.355 e. The van der Waals surface area contributed by atoms with E-state index in [2.05, 4.69) is 17.1 Å². The van der Waals surface area contributed by atoms with Crippen LogP contribution in [0.5, 0.6) is 0 Å². The molecule has 1 aliphatic rings. The van der Waals surface area contributed by atoms with Gasteiger partial charge in [-0.15, -0.1) is 0 Å². The minimum absolute atomic E-state index is 0.206. The van der Waals surface area contributed by atoms with Crippen molar-refractivity contribution < 1.29 is 4.79 Å². The molecule has 3 heteroatoms. The van der Waals surface area contributed by atoms with Crippen molar-refractivity contribution >= 4 is 5.91 Å². The molecule has 0 saturated carbocycles. The minimum Gasteiger partial charge on any atom is -0.355 e. The molecule has 0 aromatic carbocycles. The van der Waals surface area contributed by atoms with Gasteiger partial charge in [-0.3, -0.25) is 9.69 Å². The lowest BCUT2D eigenvalue weighted by atomic mass is 10.2. The van der Waals surface area contributed by atoms with E-state index in [9.17, 15) is 4.79 Å². The van der Waals surface area contributed by atoms with Gasteiger partial charge in [-0.1, -0.05) is 32.6 Å². The van der Waals surface area contributed by atoms with Crippen LogP contribution in [-0.4, -0.2) is 37.0 Å². The standard InChI is InChI=1S/C13H26N2O/c1-2-3-6-9-14-13(16)12-15-10-7-4-5-8-11-15/h2-12H2,1H3,(H,14,16). The van der Waals surface area contributed by atoms with Crippen molar-refractivity contribution in [1.82, 2.24) is 10.2 Å².